The van der Waals surface area contributed by atoms with Crippen molar-refractivity contribution in [1.82, 2.24) is 20.4 Å². The highest BCUT2D eigenvalue weighted by Crippen LogP contribution is 2.16. The van der Waals surface area contributed by atoms with Gasteiger partial charge in [0.2, 0.25) is 5.91 Å². The number of hydrogen-bond donors (Lipinski definition) is 2. The van der Waals surface area contributed by atoms with Gasteiger partial charge in [0, 0.05) is 12.7 Å². The van der Waals surface area contributed by atoms with E-state index in [1.165, 1.54) is 11.1 Å². The molecule has 1 aromatic heterocycles. The van der Waals surface area contributed by atoms with Crippen LogP contribution in [0.15, 0.2) is 30.6 Å². The van der Waals surface area contributed by atoms with Gasteiger partial charge in [-0.15, -0.1) is 0 Å². The maximum atomic E-state index is 12.0. The number of nitrogens with zero attached hydrogens (tertiary/aromatic N) is 2. The normalized spacial score (nSPS) is 12.2. The molecular formula is C18H26N4O. The molecule has 2 aromatic rings. The van der Waals surface area contributed by atoms with Crippen LogP contribution in [0.4, 0.5) is 0 Å². The van der Waals surface area contributed by atoms with Gasteiger partial charge in [-0.3, -0.25) is 9.48 Å². The van der Waals surface area contributed by atoms with E-state index in [9.17, 15) is 4.79 Å². The molecule has 23 heavy (non-hydrogen) atoms. The van der Waals surface area contributed by atoms with Crippen LogP contribution in [0.5, 0.6) is 0 Å². The second-order valence-corrected chi connectivity index (χ2v) is 6.09. The summed E-state index contributed by atoms with van der Waals surface area (Å²) in [6, 6.07) is 6.31. The number of amides is 1. The molecule has 2 N–H and O–H groups in total. The van der Waals surface area contributed by atoms with E-state index < -0.39 is 0 Å². The fraction of sp³-hybridized carbons (Fsp3) is 0.444. The van der Waals surface area contributed by atoms with Crippen LogP contribution >= 0.6 is 0 Å². The maximum Gasteiger partial charge on any atom is 0.234 e. The van der Waals surface area contributed by atoms with Gasteiger partial charge in [-0.2, -0.15) is 5.10 Å². The SMILES string of the molecule is Cc1cnn(CCNCC(=O)N[C@H](C)c2ccc(C)c(C)c2)c1. The Balaban J connectivity index is 1.72. The minimum absolute atomic E-state index is 0.00683. The highest BCUT2D eigenvalue weighted by Gasteiger charge is 2.09. The second kappa shape index (κ2) is 7.92. The molecule has 0 aliphatic heterocycles. The van der Waals surface area contributed by atoms with Crippen molar-refractivity contribution in [1.29, 1.82) is 0 Å². The number of hydrogen-bond acceptors (Lipinski definition) is 3. The van der Waals surface area contributed by atoms with Gasteiger partial charge in [0.1, 0.15) is 0 Å². The van der Waals surface area contributed by atoms with E-state index >= 15 is 0 Å². The van der Waals surface area contributed by atoms with Crippen molar-refractivity contribution in [3.8, 4) is 0 Å². The van der Waals surface area contributed by atoms with Crippen LogP contribution in [0.25, 0.3) is 0 Å². The molecule has 0 fully saturated rings. The van der Waals surface area contributed by atoms with Gasteiger partial charge in [-0.25, -0.2) is 0 Å². The van der Waals surface area contributed by atoms with Crippen molar-refractivity contribution < 1.29 is 4.79 Å². The van der Waals surface area contributed by atoms with E-state index in [-0.39, 0.29) is 11.9 Å². The molecule has 5 heteroatoms. The molecule has 0 saturated carbocycles. The summed E-state index contributed by atoms with van der Waals surface area (Å²) < 4.78 is 1.87. The summed E-state index contributed by atoms with van der Waals surface area (Å²) in [5.41, 5.74) is 4.79. The van der Waals surface area contributed by atoms with Crippen LogP contribution in [-0.2, 0) is 11.3 Å². The van der Waals surface area contributed by atoms with E-state index in [1.54, 1.807) is 0 Å². The van der Waals surface area contributed by atoms with Crippen molar-refractivity contribution in [2.24, 2.45) is 0 Å². The van der Waals surface area contributed by atoms with Crippen molar-refractivity contribution >= 4 is 5.91 Å². The number of rotatable bonds is 7. The van der Waals surface area contributed by atoms with E-state index in [2.05, 4.69) is 47.8 Å². The summed E-state index contributed by atoms with van der Waals surface area (Å²) in [6.45, 7) is 9.99. The number of nitrogens with one attached hydrogen (secondary N) is 2. The molecule has 0 aliphatic carbocycles. The average molecular weight is 314 g/mol. The minimum atomic E-state index is 0.00683. The highest BCUT2D eigenvalue weighted by molar-refractivity contribution is 5.78. The Morgan fingerprint density at radius 2 is 2.04 bits per heavy atom. The first-order chi connectivity index (χ1) is 11.0. The van der Waals surface area contributed by atoms with Crippen LogP contribution in [0.2, 0.25) is 0 Å². The summed E-state index contributed by atoms with van der Waals surface area (Å²) in [7, 11) is 0. The Labute approximate surface area is 138 Å². The Kier molecular flexibility index (Phi) is 5.93. The topological polar surface area (TPSA) is 59.0 Å². The Hall–Kier alpha value is -2.14. The van der Waals surface area contributed by atoms with Gasteiger partial charge in [0.25, 0.3) is 0 Å². The predicted octanol–water partition coefficient (Wildman–Crippen LogP) is 2.28. The van der Waals surface area contributed by atoms with Crippen LogP contribution in [0.3, 0.4) is 0 Å². The molecule has 0 spiro atoms. The van der Waals surface area contributed by atoms with Gasteiger partial charge < -0.3 is 10.6 Å². The third-order valence-electron chi connectivity index (χ3n) is 3.97. The first kappa shape index (κ1) is 17.2. The average Bonchev–Trinajstić information content (AvgIpc) is 2.92. The Bertz CT molecular complexity index is 663. The van der Waals surface area contributed by atoms with E-state index in [0.29, 0.717) is 13.1 Å². The van der Waals surface area contributed by atoms with Crippen molar-refractivity contribution in [3.63, 3.8) is 0 Å². The Morgan fingerprint density at radius 3 is 2.70 bits per heavy atom. The molecule has 1 heterocycles. The zero-order chi connectivity index (χ0) is 16.8. The maximum absolute atomic E-state index is 12.0. The molecule has 0 bridgehead atoms. The smallest absolute Gasteiger partial charge is 0.234 e. The zero-order valence-electron chi connectivity index (χ0n) is 14.4. The molecule has 1 amide bonds. The van der Waals surface area contributed by atoms with E-state index in [1.807, 2.05) is 30.9 Å². The Morgan fingerprint density at radius 1 is 1.26 bits per heavy atom. The number of benzene rings is 1. The lowest BCUT2D eigenvalue weighted by molar-refractivity contribution is -0.120. The lowest BCUT2D eigenvalue weighted by Crippen LogP contribution is -2.36. The molecule has 0 radical (unpaired) electrons. The fourth-order valence-corrected chi connectivity index (χ4v) is 2.39. The minimum Gasteiger partial charge on any atom is -0.348 e. The molecule has 124 valence electrons. The van der Waals surface area contributed by atoms with Gasteiger partial charge in [-0.05, 0) is 49.9 Å². The molecule has 2 rings (SSSR count). The summed E-state index contributed by atoms with van der Waals surface area (Å²) in [5, 5.41) is 10.4. The zero-order valence-corrected chi connectivity index (χ0v) is 14.4. The van der Waals surface area contributed by atoms with Gasteiger partial charge in [0.15, 0.2) is 0 Å². The molecule has 1 atom stereocenters. The highest BCUT2D eigenvalue weighted by atomic mass is 16.1. The van der Waals surface area contributed by atoms with Crippen molar-refractivity contribution in [3.05, 3.63) is 52.8 Å². The van der Waals surface area contributed by atoms with Crippen molar-refractivity contribution in [2.75, 3.05) is 13.1 Å². The lowest BCUT2D eigenvalue weighted by Gasteiger charge is -2.16. The monoisotopic (exact) mass is 314 g/mol. The number of aryl methyl sites for hydroxylation is 3. The molecular weight excluding hydrogens is 288 g/mol. The number of carbonyl (C=O) groups is 1. The number of aromatic nitrogens is 2. The molecule has 0 saturated heterocycles. The largest absolute Gasteiger partial charge is 0.348 e. The first-order valence-electron chi connectivity index (χ1n) is 8.02. The molecule has 0 aliphatic rings. The van der Waals surface area contributed by atoms with Crippen molar-refractivity contribution in [2.45, 2.75) is 40.3 Å². The molecule has 0 unspecified atom stereocenters. The summed E-state index contributed by atoms with van der Waals surface area (Å²) >= 11 is 0. The fourth-order valence-electron chi connectivity index (χ4n) is 2.39. The van der Waals surface area contributed by atoms with Crippen LogP contribution < -0.4 is 10.6 Å². The standard InChI is InChI=1S/C18H26N4O/c1-13-10-20-22(12-13)8-7-19-11-18(23)21-16(4)17-6-5-14(2)15(3)9-17/h5-6,9-10,12,16,19H,7-8,11H2,1-4H3,(H,21,23)/t16-/m1/s1. The van der Waals surface area contributed by atoms with E-state index in [0.717, 1.165) is 17.7 Å². The van der Waals surface area contributed by atoms with Gasteiger partial charge in [0.05, 0.1) is 25.3 Å². The van der Waals surface area contributed by atoms with Crippen LogP contribution in [-0.4, -0.2) is 28.8 Å². The van der Waals surface area contributed by atoms with E-state index in [4.69, 9.17) is 0 Å². The third-order valence-corrected chi connectivity index (χ3v) is 3.97. The molecule has 1 aromatic carbocycles. The van der Waals surface area contributed by atoms with Gasteiger partial charge in [-0.1, -0.05) is 18.2 Å². The van der Waals surface area contributed by atoms with Crippen LogP contribution in [0.1, 0.15) is 35.2 Å². The predicted molar refractivity (Wildman–Crippen MR) is 92.3 cm³/mol. The lowest BCUT2D eigenvalue weighted by atomic mass is 10.0. The number of carbonyl (C=O) groups excluding carboxylic acids is 1. The first-order valence-corrected chi connectivity index (χ1v) is 8.02. The summed E-state index contributed by atoms with van der Waals surface area (Å²) in [6.07, 6.45) is 3.82. The summed E-state index contributed by atoms with van der Waals surface area (Å²) in [4.78, 5) is 12.0. The summed E-state index contributed by atoms with van der Waals surface area (Å²) in [5.74, 6) is 0.00683. The third kappa shape index (κ3) is 5.21. The molecule has 5 nitrogen and oxygen atoms in total. The second-order valence-electron chi connectivity index (χ2n) is 6.09. The van der Waals surface area contributed by atoms with Crippen LogP contribution in [0, 0.1) is 20.8 Å². The quantitative estimate of drug-likeness (QED) is 0.771. The van der Waals surface area contributed by atoms with Gasteiger partial charge >= 0.3 is 0 Å².